The quantitative estimate of drug-likeness (QED) is 0.503. The van der Waals surface area contributed by atoms with Crippen molar-refractivity contribution in [1.82, 2.24) is 0 Å². The molecule has 5 atom stereocenters. The Hall–Kier alpha value is -2.16. The summed E-state index contributed by atoms with van der Waals surface area (Å²) in [6, 6.07) is 6.58. The van der Waals surface area contributed by atoms with Crippen molar-refractivity contribution in [2.45, 2.75) is 51.8 Å². The van der Waals surface area contributed by atoms with Crippen LogP contribution in [0.15, 0.2) is 24.3 Å². The molecule has 160 valence electrons. The molecule has 1 fully saturated rings. The summed E-state index contributed by atoms with van der Waals surface area (Å²) in [5, 5.41) is 0.487. The van der Waals surface area contributed by atoms with Gasteiger partial charge in [-0.15, -0.1) is 0 Å². The molecule has 0 amide bonds. The average molecular weight is 429 g/mol. The van der Waals surface area contributed by atoms with Gasteiger partial charge in [0.25, 0.3) is 0 Å². The molecule has 0 saturated carbocycles. The van der Waals surface area contributed by atoms with Gasteiger partial charge in [0.15, 0.2) is 6.10 Å². The SMILES string of the molecule is CO[C@@]1(c2ccc(Cl)cc2)O[C@H](COC(C)=O)[C@@H](C)[C@H](OC(C)=O)[C@H]1OC(C)=O. The second kappa shape index (κ2) is 9.56. The first-order valence-corrected chi connectivity index (χ1v) is 9.45. The van der Waals surface area contributed by atoms with E-state index in [0.717, 1.165) is 0 Å². The number of carbonyl (C=O) groups excluding carboxylic acids is 3. The predicted molar refractivity (Wildman–Crippen MR) is 102 cm³/mol. The molecule has 0 N–H and O–H groups in total. The first-order valence-electron chi connectivity index (χ1n) is 9.07. The van der Waals surface area contributed by atoms with Crippen molar-refractivity contribution in [3.8, 4) is 0 Å². The third-order valence-electron chi connectivity index (χ3n) is 4.70. The maximum absolute atomic E-state index is 11.9. The van der Waals surface area contributed by atoms with Crippen molar-refractivity contribution in [2.24, 2.45) is 5.92 Å². The van der Waals surface area contributed by atoms with Gasteiger partial charge in [-0.1, -0.05) is 30.7 Å². The molecule has 0 unspecified atom stereocenters. The predicted octanol–water partition coefficient (Wildman–Crippen LogP) is 2.60. The lowest BCUT2D eigenvalue weighted by molar-refractivity contribution is -0.359. The van der Waals surface area contributed by atoms with E-state index in [2.05, 4.69) is 0 Å². The molecule has 9 heteroatoms. The van der Waals surface area contributed by atoms with Crippen LogP contribution in [0.2, 0.25) is 5.02 Å². The molecule has 0 spiro atoms. The van der Waals surface area contributed by atoms with Gasteiger partial charge < -0.3 is 23.7 Å². The molecule has 0 aliphatic carbocycles. The highest BCUT2D eigenvalue weighted by molar-refractivity contribution is 6.30. The van der Waals surface area contributed by atoms with E-state index in [4.69, 9.17) is 35.3 Å². The number of hydrogen-bond acceptors (Lipinski definition) is 8. The van der Waals surface area contributed by atoms with E-state index in [1.54, 1.807) is 31.2 Å². The third kappa shape index (κ3) is 5.26. The van der Waals surface area contributed by atoms with Crippen LogP contribution in [0.5, 0.6) is 0 Å². The molecule has 2 rings (SSSR count). The molecule has 29 heavy (non-hydrogen) atoms. The fourth-order valence-electron chi connectivity index (χ4n) is 3.37. The summed E-state index contributed by atoms with van der Waals surface area (Å²) in [6.45, 7) is 5.43. The standard InChI is InChI=1S/C20H25ClO8/c1-11-17(10-26-12(2)22)29-20(25-5,15-6-8-16(21)9-7-15)19(28-14(4)24)18(11)27-13(3)23/h6-9,11,17-19H,10H2,1-5H3/t11-,17-,18+,19-,20+/m1/s1. The van der Waals surface area contributed by atoms with Crippen LogP contribution >= 0.6 is 11.6 Å². The Labute approximate surface area is 174 Å². The zero-order chi connectivity index (χ0) is 21.8. The lowest BCUT2D eigenvalue weighted by Crippen LogP contribution is -2.63. The first-order chi connectivity index (χ1) is 13.6. The summed E-state index contributed by atoms with van der Waals surface area (Å²) in [4.78, 5) is 35.0. The molecule has 0 bridgehead atoms. The lowest BCUT2D eigenvalue weighted by Gasteiger charge is -2.50. The Morgan fingerprint density at radius 3 is 2.10 bits per heavy atom. The van der Waals surface area contributed by atoms with Gasteiger partial charge in [0.2, 0.25) is 5.79 Å². The summed E-state index contributed by atoms with van der Waals surface area (Å²) in [7, 11) is 1.38. The van der Waals surface area contributed by atoms with Gasteiger partial charge in [0, 0.05) is 44.4 Å². The summed E-state index contributed by atoms with van der Waals surface area (Å²) < 4.78 is 28.1. The van der Waals surface area contributed by atoms with Gasteiger partial charge in [-0.05, 0) is 12.1 Å². The van der Waals surface area contributed by atoms with Crippen LogP contribution in [0.25, 0.3) is 0 Å². The maximum atomic E-state index is 11.9. The number of benzene rings is 1. The fraction of sp³-hybridized carbons (Fsp3) is 0.550. The van der Waals surface area contributed by atoms with E-state index in [-0.39, 0.29) is 6.61 Å². The average Bonchev–Trinajstić information content (AvgIpc) is 2.64. The highest BCUT2D eigenvalue weighted by atomic mass is 35.5. The summed E-state index contributed by atoms with van der Waals surface area (Å²) in [5.41, 5.74) is 0.493. The zero-order valence-corrected chi connectivity index (χ0v) is 17.7. The van der Waals surface area contributed by atoms with Crippen molar-refractivity contribution in [3.05, 3.63) is 34.9 Å². The van der Waals surface area contributed by atoms with Crippen LogP contribution in [-0.2, 0) is 43.9 Å². The summed E-state index contributed by atoms with van der Waals surface area (Å²) in [5.74, 6) is -3.74. The van der Waals surface area contributed by atoms with Crippen molar-refractivity contribution in [3.63, 3.8) is 0 Å². The molecule has 1 aromatic carbocycles. The van der Waals surface area contributed by atoms with E-state index in [1.165, 1.54) is 27.9 Å². The Balaban J connectivity index is 2.58. The Bertz CT molecular complexity index is 749. The van der Waals surface area contributed by atoms with Crippen LogP contribution in [0.4, 0.5) is 0 Å². The van der Waals surface area contributed by atoms with Crippen LogP contribution < -0.4 is 0 Å². The minimum atomic E-state index is -1.62. The first kappa shape index (κ1) is 23.1. The Morgan fingerprint density at radius 1 is 1.03 bits per heavy atom. The van der Waals surface area contributed by atoms with Crippen LogP contribution in [0, 0.1) is 5.92 Å². The highest BCUT2D eigenvalue weighted by Gasteiger charge is 2.58. The molecule has 1 aromatic rings. The lowest BCUT2D eigenvalue weighted by atomic mass is 9.83. The number of ether oxygens (including phenoxy) is 5. The Kier molecular flexibility index (Phi) is 7.62. The normalized spacial score (nSPS) is 29.0. The van der Waals surface area contributed by atoms with Crippen molar-refractivity contribution >= 4 is 29.5 Å². The van der Waals surface area contributed by atoms with Gasteiger partial charge in [-0.2, -0.15) is 0 Å². The number of methoxy groups -OCH3 is 1. The molecular weight excluding hydrogens is 404 g/mol. The van der Waals surface area contributed by atoms with Gasteiger partial charge >= 0.3 is 17.9 Å². The second-order valence-corrected chi connectivity index (χ2v) is 7.24. The van der Waals surface area contributed by atoms with E-state index < -0.39 is 47.9 Å². The van der Waals surface area contributed by atoms with E-state index in [0.29, 0.717) is 10.6 Å². The van der Waals surface area contributed by atoms with E-state index in [1.807, 2.05) is 0 Å². The minimum Gasteiger partial charge on any atom is -0.463 e. The van der Waals surface area contributed by atoms with Crippen LogP contribution in [0.3, 0.4) is 0 Å². The molecule has 0 aromatic heterocycles. The second-order valence-electron chi connectivity index (χ2n) is 6.80. The fourth-order valence-corrected chi connectivity index (χ4v) is 3.49. The molecule has 0 radical (unpaired) electrons. The summed E-state index contributed by atoms with van der Waals surface area (Å²) in [6.07, 6.45) is -2.73. The molecule has 1 aliphatic rings. The summed E-state index contributed by atoms with van der Waals surface area (Å²) >= 11 is 6.00. The number of carbonyl (C=O) groups is 3. The zero-order valence-electron chi connectivity index (χ0n) is 17.0. The van der Waals surface area contributed by atoms with Gasteiger partial charge in [0.1, 0.15) is 18.8 Å². The van der Waals surface area contributed by atoms with Crippen LogP contribution in [0.1, 0.15) is 33.3 Å². The number of halogens is 1. The number of hydrogen-bond donors (Lipinski definition) is 0. The smallest absolute Gasteiger partial charge is 0.303 e. The third-order valence-corrected chi connectivity index (χ3v) is 4.95. The number of rotatable bonds is 6. The maximum Gasteiger partial charge on any atom is 0.303 e. The van der Waals surface area contributed by atoms with Crippen molar-refractivity contribution < 1.29 is 38.1 Å². The van der Waals surface area contributed by atoms with E-state index >= 15 is 0 Å². The minimum absolute atomic E-state index is 0.0975. The van der Waals surface area contributed by atoms with Crippen molar-refractivity contribution in [2.75, 3.05) is 13.7 Å². The van der Waals surface area contributed by atoms with Gasteiger partial charge in [-0.3, -0.25) is 14.4 Å². The molecular formula is C20H25ClO8. The van der Waals surface area contributed by atoms with Crippen LogP contribution in [-0.4, -0.2) is 49.9 Å². The molecule has 1 heterocycles. The van der Waals surface area contributed by atoms with Gasteiger partial charge in [-0.25, -0.2) is 0 Å². The topological polar surface area (TPSA) is 97.4 Å². The largest absolute Gasteiger partial charge is 0.463 e. The number of esters is 3. The van der Waals surface area contributed by atoms with Gasteiger partial charge in [0.05, 0.1) is 0 Å². The molecule has 1 saturated heterocycles. The van der Waals surface area contributed by atoms with E-state index in [9.17, 15) is 14.4 Å². The Morgan fingerprint density at radius 2 is 1.62 bits per heavy atom. The monoisotopic (exact) mass is 428 g/mol. The molecule has 1 aliphatic heterocycles. The molecule has 8 nitrogen and oxygen atoms in total. The highest BCUT2D eigenvalue weighted by Crippen LogP contribution is 2.44. The van der Waals surface area contributed by atoms with Crippen molar-refractivity contribution in [1.29, 1.82) is 0 Å².